The molecule has 1 aromatic rings. The van der Waals surface area contributed by atoms with E-state index in [1.165, 1.54) is 6.07 Å². The summed E-state index contributed by atoms with van der Waals surface area (Å²) in [6.07, 6.45) is 4.95. The minimum absolute atomic E-state index is 0.0850. The molecule has 0 atom stereocenters. The number of hydrogen-bond donors (Lipinski definition) is 1. The minimum atomic E-state index is -0.168. The molecule has 6 heteroatoms. The van der Waals surface area contributed by atoms with Crippen LogP contribution in [0.15, 0.2) is 30.9 Å². The number of nitrogens with zero attached hydrogens (tertiary/aromatic N) is 2. The van der Waals surface area contributed by atoms with Crippen molar-refractivity contribution in [3.05, 3.63) is 41.4 Å². The summed E-state index contributed by atoms with van der Waals surface area (Å²) in [5.74, 6) is -0.0628. The van der Waals surface area contributed by atoms with E-state index in [4.69, 9.17) is 11.6 Å². The lowest BCUT2D eigenvalue weighted by Crippen LogP contribution is -2.52. The molecule has 5 nitrogen and oxygen atoms in total. The summed E-state index contributed by atoms with van der Waals surface area (Å²) in [5.41, 5.74) is 0.378. The van der Waals surface area contributed by atoms with Crippen molar-refractivity contribution in [2.75, 3.05) is 26.2 Å². The number of phenols is 1. The van der Waals surface area contributed by atoms with Crippen molar-refractivity contribution < 1.29 is 14.7 Å². The summed E-state index contributed by atoms with van der Waals surface area (Å²) in [6, 6.07) is 4.56. The van der Waals surface area contributed by atoms with Crippen LogP contribution >= 0.6 is 11.6 Å². The Kier molecular flexibility index (Phi) is 5.04. The predicted octanol–water partition coefficient (Wildman–Crippen LogP) is 3.08. The first-order valence-corrected chi connectivity index (χ1v) is 8.98. The molecule has 2 fully saturated rings. The maximum atomic E-state index is 12.7. The average molecular weight is 363 g/mol. The van der Waals surface area contributed by atoms with Gasteiger partial charge < -0.3 is 14.9 Å². The predicted molar refractivity (Wildman–Crippen MR) is 96.7 cm³/mol. The van der Waals surface area contributed by atoms with Crippen LogP contribution in [-0.2, 0) is 4.79 Å². The Bertz CT molecular complexity index is 696. The molecule has 2 amide bonds. The number of benzene rings is 1. The zero-order valence-corrected chi connectivity index (χ0v) is 15.0. The van der Waals surface area contributed by atoms with Gasteiger partial charge in [0.25, 0.3) is 5.91 Å². The lowest BCUT2D eigenvalue weighted by atomic mass is 9.72. The molecule has 1 spiro atoms. The second-order valence-corrected chi connectivity index (χ2v) is 7.45. The Labute approximate surface area is 152 Å². The molecule has 0 aromatic heterocycles. The molecule has 25 heavy (non-hydrogen) atoms. The number of carbonyl (C=O) groups excluding carboxylic acids is 2. The Morgan fingerprint density at radius 1 is 1.32 bits per heavy atom. The lowest BCUT2D eigenvalue weighted by Gasteiger charge is -2.47. The number of hydrogen-bond acceptors (Lipinski definition) is 3. The molecule has 0 bridgehead atoms. The van der Waals surface area contributed by atoms with E-state index < -0.39 is 0 Å². The van der Waals surface area contributed by atoms with Gasteiger partial charge in [0.05, 0.1) is 5.56 Å². The van der Waals surface area contributed by atoms with Gasteiger partial charge in [-0.25, -0.2) is 0 Å². The molecule has 1 N–H and O–H groups in total. The van der Waals surface area contributed by atoms with Crippen molar-refractivity contribution in [1.82, 2.24) is 9.80 Å². The van der Waals surface area contributed by atoms with Crippen LogP contribution in [0.1, 0.15) is 36.0 Å². The van der Waals surface area contributed by atoms with Gasteiger partial charge in [-0.05, 0) is 42.9 Å². The van der Waals surface area contributed by atoms with Gasteiger partial charge in [-0.2, -0.15) is 0 Å². The summed E-state index contributed by atoms with van der Waals surface area (Å²) >= 11 is 5.83. The van der Waals surface area contributed by atoms with E-state index in [9.17, 15) is 14.7 Å². The highest BCUT2D eigenvalue weighted by atomic mass is 35.5. The molecule has 0 unspecified atom stereocenters. The van der Waals surface area contributed by atoms with Crippen LogP contribution in [0.2, 0.25) is 5.02 Å². The molecule has 1 aromatic carbocycles. The van der Waals surface area contributed by atoms with Gasteiger partial charge in [0.1, 0.15) is 5.75 Å². The monoisotopic (exact) mass is 362 g/mol. The number of amides is 2. The SMILES string of the molecule is C=CCN1CC2(CCC1=O)CCN(C(=O)c1ccc(Cl)cc1O)CC2. The zero-order valence-electron chi connectivity index (χ0n) is 14.2. The number of carbonyl (C=O) groups is 2. The topological polar surface area (TPSA) is 60.9 Å². The largest absolute Gasteiger partial charge is 0.507 e. The molecule has 2 aliphatic heterocycles. The van der Waals surface area contributed by atoms with Crippen LogP contribution in [-0.4, -0.2) is 52.9 Å². The third-order valence-corrected chi connectivity index (χ3v) is 5.63. The first-order valence-electron chi connectivity index (χ1n) is 8.61. The van der Waals surface area contributed by atoms with Crippen molar-refractivity contribution in [3.63, 3.8) is 0 Å². The lowest BCUT2D eigenvalue weighted by molar-refractivity contribution is -0.138. The fraction of sp³-hybridized carbons (Fsp3) is 0.474. The van der Waals surface area contributed by atoms with Crippen LogP contribution < -0.4 is 0 Å². The van der Waals surface area contributed by atoms with Gasteiger partial charge >= 0.3 is 0 Å². The number of halogens is 1. The summed E-state index contributed by atoms with van der Waals surface area (Å²) in [6.45, 7) is 6.33. The molecular formula is C19H23ClN2O3. The fourth-order valence-corrected chi connectivity index (χ4v) is 4.04. The van der Waals surface area contributed by atoms with E-state index in [1.54, 1.807) is 23.1 Å². The van der Waals surface area contributed by atoms with E-state index in [-0.39, 0.29) is 28.5 Å². The molecule has 134 valence electrons. The summed E-state index contributed by atoms with van der Waals surface area (Å²) < 4.78 is 0. The minimum Gasteiger partial charge on any atom is -0.507 e. The fourth-order valence-electron chi connectivity index (χ4n) is 3.87. The van der Waals surface area contributed by atoms with Gasteiger partial charge in [0.2, 0.25) is 5.91 Å². The maximum absolute atomic E-state index is 12.7. The van der Waals surface area contributed by atoms with Crippen molar-refractivity contribution in [1.29, 1.82) is 0 Å². The normalized spacial score (nSPS) is 20.0. The third kappa shape index (κ3) is 3.66. The number of rotatable bonds is 3. The van der Waals surface area contributed by atoms with E-state index in [0.29, 0.717) is 31.1 Å². The standard InChI is InChI=1S/C19H23ClN2O3/c1-2-9-22-13-19(6-5-17(22)24)7-10-21(11-8-19)18(25)15-4-3-14(20)12-16(15)23/h2-4,12,23H,1,5-11,13H2. The second-order valence-electron chi connectivity index (χ2n) is 7.02. The van der Waals surface area contributed by atoms with Crippen molar-refractivity contribution >= 4 is 23.4 Å². The van der Waals surface area contributed by atoms with Crippen LogP contribution in [0.5, 0.6) is 5.75 Å². The second kappa shape index (κ2) is 7.08. The van der Waals surface area contributed by atoms with Crippen LogP contribution in [0.4, 0.5) is 0 Å². The molecule has 2 saturated heterocycles. The van der Waals surface area contributed by atoms with E-state index >= 15 is 0 Å². The number of phenolic OH excluding ortho intramolecular Hbond substituents is 1. The zero-order chi connectivity index (χ0) is 18.0. The highest BCUT2D eigenvalue weighted by molar-refractivity contribution is 6.30. The molecule has 3 rings (SSSR count). The van der Waals surface area contributed by atoms with Gasteiger partial charge in [-0.1, -0.05) is 17.7 Å². The van der Waals surface area contributed by atoms with Gasteiger partial charge in [0.15, 0.2) is 0 Å². The van der Waals surface area contributed by atoms with Gasteiger partial charge in [-0.3, -0.25) is 9.59 Å². The first kappa shape index (κ1) is 17.8. The summed E-state index contributed by atoms with van der Waals surface area (Å²) in [4.78, 5) is 28.3. The highest BCUT2D eigenvalue weighted by Gasteiger charge is 2.41. The molecule has 0 aliphatic carbocycles. The Balaban J connectivity index is 1.66. The first-order chi connectivity index (χ1) is 11.9. The number of piperidine rings is 2. The average Bonchev–Trinajstić information content (AvgIpc) is 2.59. The summed E-state index contributed by atoms with van der Waals surface area (Å²) in [5, 5.41) is 10.4. The number of aromatic hydroxyl groups is 1. The van der Waals surface area contributed by atoms with Crippen molar-refractivity contribution in [2.45, 2.75) is 25.7 Å². The third-order valence-electron chi connectivity index (χ3n) is 5.40. The van der Waals surface area contributed by atoms with Gasteiger partial charge in [0, 0.05) is 37.6 Å². The Morgan fingerprint density at radius 2 is 2.04 bits per heavy atom. The molecular weight excluding hydrogens is 340 g/mol. The quantitative estimate of drug-likeness (QED) is 0.840. The number of likely N-dealkylation sites (tertiary alicyclic amines) is 2. The van der Waals surface area contributed by atoms with Crippen LogP contribution in [0, 0.1) is 5.41 Å². The van der Waals surface area contributed by atoms with Gasteiger partial charge in [-0.15, -0.1) is 6.58 Å². The Morgan fingerprint density at radius 3 is 2.68 bits per heavy atom. The van der Waals surface area contributed by atoms with Crippen molar-refractivity contribution in [2.24, 2.45) is 5.41 Å². The van der Waals surface area contributed by atoms with E-state index in [1.807, 2.05) is 4.90 Å². The molecule has 0 radical (unpaired) electrons. The van der Waals surface area contributed by atoms with Crippen LogP contribution in [0.3, 0.4) is 0 Å². The highest BCUT2D eigenvalue weighted by Crippen LogP contribution is 2.40. The molecule has 2 aliphatic rings. The molecule has 0 saturated carbocycles. The Hall–Kier alpha value is -2.01. The molecule has 2 heterocycles. The smallest absolute Gasteiger partial charge is 0.257 e. The van der Waals surface area contributed by atoms with E-state index in [0.717, 1.165) is 25.8 Å². The van der Waals surface area contributed by atoms with E-state index in [2.05, 4.69) is 6.58 Å². The summed E-state index contributed by atoms with van der Waals surface area (Å²) in [7, 11) is 0. The van der Waals surface area contributed by atoms with Crippen LogP contribution in [0.25, 0.3) is 0 Å². The maximum Gasteiger partial charge on any atom is 0.257 e. The van der Waals surface area contributed by atoms with Crippen molar-refractivity contribution in [3.8, 4) is 5.75 Å².